The van der Waals surface area contributed by atoms with Gasteiger partial charge in [0.15, 0.2) is 0 Å². The van der Waals surface area contributed by atoms with Crippen LogP contribution in [0, 0.1) is 0 Å². The Morgan fingerprint density at radius 2 is 2.20 bits per heavy atom. The van der Waals surface area contributed by atoms with Crippen molar-refractivity contribution in [1.82, 2.24) is 4.90 Å². The van der Waals surface area contributed by atoms with Crippen LogP contribution in [0.5, 0.6) is 5.75 Å². The first-order chi connectivity index (χ1) is 9.58. The van der Waals surface area contributed by atoms with E-state index in [2.05, 4.69) is 21.3 Å². The van der Waals surface area contributed by atoms with Crippen molar-refractivity contribution in [3.63, 3.8) is 0 Å². The Kier molecular flexibility index (Phi) is 5.17. The fourth-order valence-electron chi connectivity index (χ4n) is 1.87. The molecule has 1 aromatic heterocycles. The van der Waals surface area contributed by atoms with Crippen molar-refractivity contribution >= 4 is 29.2 Å². The number of thiophene rings is 1. The summed E-state index contributed by atoms with van der Waals surface area (Å²) >= 11 is 7.64. The van der Waals surface area contributed by atoms with Crippen molar-refractivity contribution in [2.45, 2.75) is 6.04 Å². The van der Waals surface area contributed by atoms with E-state index in [1.54, 1.807) is 35.8 Å². The van der Waals surface area contributed by atoms with Crippen LogP contribution < -0.4 is 0 Å². The molecule has 0 aliphatic carbocycles. The van der Waals surface area contributed by atoms with Crippen molar-refractivity contribution in [2.24, 2.45) is 4.99 Å². The van der Waals surface area contributed by atoms with Crippen LogP contribution in [0.4, 0.5) is 0 Å². The van der Waals surface area contributed by atoms with Crippen LogP contribution in [0.3, 0.4) is 0 Å². The number of aliphatic imine (C=N–C) groups is 1. The highest BCUT2D eigenvalue weighted by Crippen LogP contribution is 2.24. The normalized spacial score (nSPS) is 13.2. The van der Waals surface area contributed by atoms with Crippen LogP contribution in [0.25, 0.3) is 0 Å². The summed E-state index contributed by atoms with van der Waals surface area (Å²) in [6, 6.07) is 9.34. The Balaban J connectivity index is 2.09. The Bertz CT molecular complexity index is 582. The summed E-state index contributed by atoms with van der Waals surface area (Å²) in [6.07, 6.45) is 1.67. The Hall–Kier alpha value is -1.36. The monoisotopic (exact) mass is 308 g/mol. The van der Waals surface area contributed by atoms with E-state index in [1.807, 2.05) is 20.2 Å². The third-order valence-electron chi connectivity index (χ3n) is 2.99. The summed E-state index contributed by atoms with van der Waals surface area (Å²) in [5.74, 6) is 0.190. The molecule has 106 valence electrons. The number of halogens is 1. The van der Waals surface area contributed by atoms with Crippen molar-refractivity contribution < 1.29 is 5.11 Å². The zero-order valence-electron chi connectivity index (χ0n) is 11.5. The topological polar surface area (TPSA) is 35.8 Å². The maximum Gasteiger partial charge on any atom is 0.124 e. The van der Waals surface area contributed by atoms with E-state index in [1.165, 1.54) is 4.88 Å². The number of benzene rings is 1. The number of aromatic hydroxyl groups is 1. The summed E-state index contributed by atoms with van der Waals surface area (Å²) in [6.45, 7) is 0.638. The molecular formula is C15H17ClN2OS. The maximum atomic E-state index is 9.74. The predicted molar refractivity (Wildman–Crippen MR) is 86.3 cm³/mol. The van der Waals surface area contributed by atoms with Gasteiger partial charge in [-0.25, -0.2) is 0 Å². The molecule has 1 aromatic carbocycles. The van der Waals surface area contributed by atoms with Crippen LogP contribution in [0.15, 0.2) is 40.7 Å². The molecular weight excluding hydrogens is 292 g/mol. The molecule has 1 atom stereocenters. The molecule has 0 unspecified atom stereocenters. The van der Waals surface area contributed by atoms with Gasteiger partial charge in [0.05, 0.1) is 12.6 Å². The molecule has 0 aliphatic heterocycles. The first kappa shape index (κ1) is 15.0. The Morgan fingerprint density at radius 3 is 2.85 bits per heavy atom. The van der Waals surface area contributed by atoms with E-state index in [-0.39, 0.29) is 11.8 Å². The van der Waals surface area contributed by atoms with Crippen LogP contribution >= 0.6 is 22.9 Å². The van der Waals surface area contributed by atoms with Gasteiger partial charge in [-0.05, 0) is 43.7 Å². The second-order valence-corrected chi connectivity index (χ2v) is 6.11. The number of rotatable bonds is 5. The third-order valence-corrected chi connectivity index (χ3v) is 4.20. The lowest BCUT2D eigenvalue weighted by Crippen LogP contribution is -2.21. The number of nitrogens with zero attached hydrogens (tertiary/aromatic N) is 2. The molecule has 0 spiro atoms. The van der Waals surface area contributed by atoms with Crippen LogP contribution in [0.1, 0.15) is 16.5 Å². The minimum atomic E-state index is 0.190. The highest BCUT2D eigenvalue weighted by molar-refractivity contribution is 7.10. The van der Waals surface area contributed by atoms with Crippen LogP contribution in [-0.4, -0.2) is 36.9 Å². The third kappa shape index (κ3) is 3.82. The molecule has 0 saturated carbocycles. The molecule has 0 aliphatic rings. The van der Waals surface area contributed by atoms with Crippen LogP contribution in [0.2, 0.25) is 5.02 Å². The molecule has 0 amide bonds. The standard InChI is InChI=1S/C15H17ClN2OS/c1-18(2)13(15-4-3-7-20-15)10-17-9-11-8-12(16)5-6-14(11)19/h3-9,13,19H,10H2,1-2H3/t13-/m1/s1. The first-order valence-electron chi connectivity index (χ1n) is 6.26. The Morgan fingerprint density at radius 1 is 1.40 bits per heavy atom. The zero-order valence-corrected chi connectivity index (χ0v) is 13.0. The lowest BCUT2D eigenvalue weighted by molar-refractivity contribution is 0.311. The average Bonchev–Trinajstić information content (AvgIpc) is 2.91. The summed E-state index contributed by atoms with van der Waals surface area (Å²) in [5.41, 5.74) is 0.640. The highest BCUT2D eigenvalue weighted by atomic mass is 35.5. The van der Waals surface area contributed by atoms with Gasteiger partial charge in [-0.15, -0.1) is 11.3 Å². The fourth-order valence-corrected chi connectivity index (χ4v) is 2.96. The van der Waals surface area contributed by atoms with Gasteiger partial charge in [-0.2, -0.15) is 0 Å². The van der Waals surface area contributed by atoms with Crippen molar-refractivity contribution in [3.05, 3.63) is 51.2 Å². The molecule has 0 radical (unpaired) electrons. The smallest absolute Gasteiger partial charge is 0.124 e. The molecule has 1 N–H and O–H groups in total. The van der Waals surface area contributed by atoms with Gasteiger partial charge in [0.1, 0.15) is 5.75 Å². The minimum absolute atomic E-state index is 0.190. The predicted octanol–water partition coefficient (Wildman–Crippen LogP) is 3.83. The fraction of sp³-hybridized carbons (Fsp3) is 0.267. The average molecular weight is 309 g/mol. The van der Waals surface area contributed by atoms with Gasteiger partial charge in [0.25, 0.3) is 0 Å². The maximum absolute atomic E-state index is 9.74. The van der Waals surface area contributed by atoms with Gasteiger partial charge >= 0.3 is 0 Å². The number of phenols is 1. The van der Waals surface area contributed by atoms with Gasteiger partial charge in [-0.3, -0.25) is 4.99 Å². The lowest BCUT2D eigenvalue weighted by atomic mass is 10.2. The van der Waals surface area contributed by atoms with Crippen LogP contribution in [-0.2, 0) is 0 Å². The summed E-state index contributed by atoms with van der Waals surface area (Å²) < 4.78 is 0. The molecule has 5 heteroatoms. The summed E-state index contributed by atoms with van der Waals surface area (Å²) in [7, 11) is 4.08. The van der Waals surface area contributed by atoms with E-state index in [4.69, 9.17) is 11.6 Å². The van der Waals surface area contributed by atoms with E-state index in [0.29, 0.717) is 17.1 Å². The van der Waals surface area contributed by atoms with Gasteiger partial charge in [0, 0.05) is 21.7 Å². The molecule has 2 rings (SSSR count). The molecule has 20 heavy (non-hydrogen) atoms. The first-order valence-corrected chi connectivity index (χ1v) is 7.52. The van der Waals surface area contributed by atoms with Crippen molar-refractivity contribution in [1.29, 1.82) is 0 Å². The van der Waals surface area contributed by atoms with E-state index < -0.39 is 0 Å². The van der Waals surface area contributed by atoms with Crippen molar-refractivity contribution in [3.8, 4) is 5.75 Å². The zero-order chi connectivity index (χ0) is 14.5. The SMILES string of the molecule is CN(C)[C@H](CN=Cc1cc(Cl)ccc1O)c1cccs1. The Labute approximate surface area is 128 Å². The minimum Gasteiger partial charge on any atom is -0.507 e. The van der Waals surface area contributed by atoms with Gasteiger partial charge in [0.2, 0.25) is 0 Å². The van der Waals surface area contributed by atoms with E-state index in [9.17, 15) is 5.11 Å². The van der Waals surface area contributed by atoms with E-state index in [0.717, 1.165) is 0 Å². The molecule has 3 nitrogen and oxygen atoms in total. The molecule has 0 fully saturated rings. The number of likely N-dealkylation sites (N-methyl/N-ethyl adjacent to an activating group) is 1. The second-order valence-electron chi connectivity index (χ2n) is 4.69. The largest absolute Gasteiger partial charge is 0.507 e. The highest BCUT2D eigenvalue weighted by Gasteiger charge is 2.13. The number of hydrogen-bond acceptors (Lipinski definition) is 4. The lowest BCUT2D eigenvalue weighted by Gasteiger charge is -2.21. The quantitative estimate of drug-likeness (QED) is 0.852. The molecule has 2 aromatic rings. The summed E-state index contributed by atoms with van der Waals surface area (Å²) in [4.78, 5) is 7.86. The molecule has 0 saturated heterocycles. The number of hydrogen-bond donors (Lipinski definition) is 1. The molecule has 0 bridgehead atoms. The van der Waals surface area contributed by atoms with Gasteiger partial charge < -0.3 is 10.0 Å². The van der Waals surface area contributed by atoms with Gasteiger partial charge in [-0.1, -0.05) is 17.7 Å². The number of phenolic OH excluding ortho intramolecular Hbond substituents is 1. The van der Waals surface area contributed by atoms with E-state index >= 15 is 0 Å². The van der Waals surface area contributed by atoms with Crippen molar-refractivity contribution in [2.75, 3.05) is 20.6 Å². The second kappa shape index (κ2) is 6.88. The summed E-state index contributed by atoms with van der Waals surface area (Å²) in [5, 5.41) is 12.4. The molecule has 1 heterocycles.